The van der Waals surface area contributed by atoms with Crippen LogP contribution in [0.15, 0.2) is 36.4 Å². The monoisotopic (exact) mass is 294 g/mol. The predicted molar refractivity (Wildman–Crippen MR) is 80.0 cm³/mol. The highest BCUT2D eigenvalue weighted by Crippen LogP contribution is 2.25. The van der Waals surface area contributed by atoms with Crippen LogP contribution in [-0.4, -0.2) is 5.91 Å². The molecule has 0 spiro atoms. The zero-order chi connectivity index (χ0) is 14.0. The van der Waals surface area contributed by atoms with Gasteiger partial charge >= 0.3 is 0 Å². The Morgan fingerprint density at radius 1 is 1.16 bits per heavy atom. The molecular weight excluding hydrogens is 283 g/mol. The summed E-state index contributed by atoms with van der Waals surface area (Å²) in [5, 5.41) is 3.68. The Hall–Kier alpha value is -1.71. The van der Waals surface area contributed by atoms with Crippen LogP contribution >= 0.6 is 23.2 Å². The number of hydrogen-bond acceptors (Lipinski definition) is 2. The molecule has 0 radical (unpaired) electrons. The molecule has 0 atom stereocenters. The van der Waals surface area contributed by atoms with Crippen molar-refractivity contribution in [1.82, 2.24) is 0 Å². The second-order valence-corrected chi connectivity index (χ2v) is 4.92. The molecule has 0 aliphatic heterocycles. The Morgan fingerprint density at radius 3 is 2.58 bits per heavy atom. The molecule has 0 aliphatic carbocycles. The minimum Gasteiger partial charge on any atom is -0.399 e. The minimum absolute atomic E-state index is 0.258. The number of hydrogen-bond donors (Lipinski definition) is 2. The minimum atomic E-state index is -0.258. The van der Waals surface area contributed by atoms with Gasteiger partial charge in [0.2, 0.25) is 0 Å². The van der Waals surface area contributed by atoms with E-state index in [0.717, 1.165) is 5.56 Å². The molecule has 0 heterocycles. The largest absolute Gasteiger partial charge is 0.399 e. The molecule has 3 N–H and O–H groups in total. The number of amides is 1. The number of carbonyl (C=O) groups excluding carboxylic acids is 1. The maximum atomic E-state index is 12.2. The number of benzene rings is 2. The highest BCUT2D eigenvalue weighted by atomic mass is 35.5. The maximum absolute atomic E-state index is 12.2. The first kappa shape index (κ1) is 13.7. The van der Waals surface area contributed by atoms with Crippen LogP contribution in [0.4, 0.5) is 11.4 Å². The lowest BCUT2D eigenvalue weighted by molar-refractivity contribution is 0.102. The Balaban J connectivity index is 2.28. The van der Waals surface area contributed by atoms with E-state index in [1.807, 2.05) is 0 Å². The van der Waals surface area contributed by atoms with E-state index >= 15 is 0 Å². The molecule has 2 aromatic carbocycles. The number of nitrogens with two attached hydrogens (primary N) is 1. The molecule has 0 aliphatic rings. The third kappa shape index (κ3) is 3.00. The molecule has 0 saturated carbocycles. The Morgan fingerprint density at radius 2 is 1.89 bits per heavy atom. The number of carbonyl (C=O) groups is 1. The summed E-state index contributed by atoms with van der Waals surface area (Å²) in [5.41, 5.74) is 7.90. The first-order chi connectivity index (χ1) is 8.99. The quantitative estimate of drug-likeness (QED) is 0.818. The van der Waals surface area contributed by atoms with Gasteiger partial charge in [-0.2, -0.15) is 0 Å². The number of rotatable bonds is 2. The average Bonchev–Trinajstić information content (AvgIpc) is 2.36. The van der Waals surface area contributed by atoms with E-state index in [-0.39, 0.29) is 5.91 Å². The van der Waals surface area contributed by atoms with Crippen molar-refractivity contribution in [2.45, 2.75) is 6.92 Å². The SMILES string of the molecule is Cc1c(Cl)cccc1C(=O)Nc1ccc(N)cc1Cl. The van der Waals surface area contributed by atoms with Gasteiger partial charge in [-0.1, -0.05) is 29.3 Å². The maximum Gasteiger partial charge on any atom is 0.256 e. The highest BCUT2D eigenvalue weighted by Gasteiger charge is 2.12. The topological polar surface area (TPSA) is 55.1 Å². The normalized spacial score (nSPS) is 10.3. The summed E-state index contributed by atoms with van der Waals surface area (Å²) in [6, 6.07) is 10.1. The van der Waals surface area contributed by atoms with Gasteiger partial charge in [0.25, 0.3) is 5.91 Å². The molecule has 98 valence electrons. The molecule has 3 nitrogen and oxygen atoms in total. The summed E-state index contributed by atoms with van der Waals surface area (Å²) < 4.78 is 0. The van der Waals surface area contributed by atoms with E-state index in [2.05, 4.69) is 5.32 Å². The van der Waals surface area contributed by atoms with E-state index in [4.69, 9.17) is 28.9 Å². The fourth-order valence-corrected chi connectivity index (χ4v) is 2.09. The van der Waals surface area contributed by atoms with Crippen molar-refractivity contribution in [3.63, 3.8) is 0 Å². The molecule has 0 unspecified atom stereocenters. The molecule has 0 fully saturated rings. The number of anilines is 2. The molecule has 1 amide bonds. The molecule has 0 bridgehead atoms. The molecular formula is C14H12Cl2N2O. The zero-order valence-corrected chi connectivity index (χ0v) is 11.7. The van der Waals surface area contributed by atoms with E-state index in [1.165, 1.54) is 0 Å². The first-order valence-corrected chi connectivity index (χ1v) is 6.36. The molecule has 2 aromatic rings. The summed E-state index contributed by atoms with van der Waals surface area (Å²) >= 11 is 12.0. The van der Waals surface area contributed by atoms with E-state index in [1.54, 1.807) is 43.3 Å². The highest BCUT2D eigenvalue weighted by molar-refractivity contribution is 6.34. The standard InChI is InChI=1S/C14H12Cl2N2O/c1-8-10(3-2-4-11(8)15)14(19)18-13-6-5-9(17)7-12(13)16/h2-7H,17H2,1H3,(H,18,19). The predicted octanol–water partition coefficient (Wildman–Crippen LogP) is 4.14. The second kappa shape index (κ2) is 5.51. The van der Waals surface area contributed by atoms with Crippen molar-refractivity contribution in [2.75, 3.05) is 11.1 Å². The lowest BCUT2D eigenvalue weighted by atomic mass is 10.1. The summed E-state index contributed by atoms with van der Waals surface area (Å²) in [5.74, 6) is -0.258. The van der Waals surface area contributed by atoms with Crippen molar-refractivity contribution >= 4 is 40.5 Å². The van der Waals surface area contributed by atoms with Crippen molar-refractivity contribution < 1.29 is 4.79 Å². The number of halogens is 2. The first-order valence-electron chi connectivity index (χ1n) is 5.60. The van der Waals surface area contributed by atoms with Crippen LogP contribution < -0.4 is 11.1 Å². The van der Waals surface area contributed by atoms with Gasteiger partial charge < -0.3 is 11.1 Å². The number of nitrogen functional groups attached to an aromatic ring is 1. The van der Waals surface area contributed by atoms with Crippen molar-refractivity contribution in [3.8, 4) is 0 Å². The molecule has 19 heavy (non-hydrogen) atoms. The third-order valence-electron chi connectivity index (χ3n) is 2.75. The smallest absolute Gasteiger partial charge is 0.256 e. The molecule has 5 heteroatoms. The van der Waals surface area contributed by atoms with Crippen molar-refractivity contribution in [1.29, 1.82) is 0 Å². The second-order valence-electron chi connectivity index (χ2n) is 4.11. The van der Waals surface area contributed by atoms with E-state index in [0.29, 0.717) is 27.0 Å². The Kier molecular flexibility index (Phi) is 3.98. The van der Waals surface area contributed by atoms with Gasteiger partial charge in [-0.15, -0.1) is 0 Å². The van der Waals surface area contributed by atoms with Gasteiger partial charge in [-0.05, 0) is 42.8 Å². The fourth-order valence-electron chi connectivity index (χ4n) is 1.68. The van der Waals surface area contributed by atoms with Crippen LogP contribution in [-0.2, 0) is 0 Å². The van der Waals surface area contributed by atoms with Crippen LogP contribution in [0, 0.1) is 6.92 Å². The van der Waals surface area contributed by atoms with Crippen LogP contribution in [0.1, 0.15) is 15.9 Å². The van der Waals surface area contributed by atoms with Gasteiger partial charge in [0.05, 0.1) is 10.7 Å². The summed E-state index contributed by atoms with van der Waals surface area (Å²) in [7, 11) is 0. The van der Waals surface area contributed by atoms with Crippen LogP contribution in [0.25, 0.3) is 0 Å². The molecule has 0 saturated heterocycles. The van der Waals surface area contributed by atoms with Crippen molar-refractivity contribution in [3.05, 3.63) is 57.6 Å². The summed E-state index contributed by atoms with van der Waals surface area (Å²) in [4.78, 5) is 12.2. The van der Waals surface area contributed by atoms with Crippen LogP contribution in [0.5, 0.6) is 0 Å². The summed E-state index contributed by atoms with van der Waals surface area (Å²) in [6.07, 6.45) is 0. The Labute approximate surface area is 121 Å². The fraction of sp³-hybridized carbons (Fsp3) is 0.0714. The van der Waals surface area contributed by atoms with Gasteiger partial charge in [0, 0.05) is 16.3 Å². The van der Waals surface area contributed by atoms with E-state index < -0.39 is 0 Å². The van der Waals surface area contributed by atoms with Crippen molar-refractivity contribution in [2.24, 2.45) is 0 Å². The van der Waals surface area contributed by atoms with Crippen LogP contribution in [0.2, 0.25) is 10.0 Å². The van der Waals surface area contributed by atoms with Gasteiger partial charge in [-0.25, -0.2) is 0 Å². The van der Waals surface area contributed by atoms with Gasteiger partial charge in [0.1, 0.15) is 0 Å². The van der Waals surface area contributed by atoms with Gasteiger partial charge in [-0.3, -0.25) is 4.79 Å². The molecule has 0 aromatic heterocycles. The lowest BCUT2D eigenvalue weighted by Crippen LogP contribution is -2.13. The summed E-state index contributed by atoms with van der Waals surface area (Å²) in [6.45, 7) is 1.79. The van der Waals surface area contributed by atoms with E-state index in [9.17, 15) is 4.79 Å². The lowest BCUT2D eigenvalue weighted by Gasteiger charge is -2.10. The number of nitrogens with one attached hydrogen (secondary N) is 1. The zero-order valence-electron chi connectivity index (χ0n) is 10.2. The Bertz CT molecular complexity index is 641. The third-order valence-corrected chi connectivity index (χ3v) is 3.48. The van der Waals surface area contributed by atoms with Gasteiger partial charge in [0.15, 0.2) is 0 Å². The molecule has 2 rings (SSSR count). The average molecular weight is 295 g/mol. The van der Waals surface area contributed by atoms with Crippen LogP contribution in [0.3, 0.4) is 0 Å².